The number of thioether (sulfide) groups is 1. The smallest absolute Gasteiger partial charge is 0.178 e. The first kappa shape index (κ1) is 16.0. The highest BCUT2D eigenvalue weighted by atomic mass is 32.2. The first-order chi connectivity index (χ1) is 10.1. The Labute approximate surface area is 135 Å². The molecule has 2 rings (SSSR count). The lowest BCUT2D eigenvalue weighted by molar-refractivity contribution is 0.0996. The van der Waals surface area contributed by atoms with Crippen LogP contribution in [0.5, 0.6) is 0 Å². The van der Waals surface area contributed by atoms with E-state index in [2.05, 4.69) is 23.7 Å². The third kappa shape index (κ3) is 3.47. The fraction of sp³-hybridized carbons (Fsp3) is 0.375. The summed E-state index contributed by atoms with van der Waals surface area (Å²) < 4.78 is 0.792. The molecule has 0 aliphatic carbocycles. The number of fused-ring (bicyclic) bond motifs is 1. The lowest BCUT2D eigenvalue weighted by Gasteiger charge is -2.22. The highest BCUT2D eigenvalue weighted by molar-refractivity contribution is 8.23. The Balaban J connectivity index is 2.14. The van der Waals surface area contributed by atoms with Crippen molar-refractivity contribution in [3.63, 3.8) is 0 Å². The number of thiocarbonyl (C=S) groups is 1. The van der Waals surface area contributed by atoms with Crippen molar-refractivity contribution in [2.75, 3.05) is 13.1 Å². The van der Waals surface area contributed by atoms with Crippen LogP contribution < -0.4 is 0 Å². The topological polar surface area (TPSA) is 36.1 Å². The fourth-order valence-corrected chi connectivity index (χ4v) is 3.89. The summed E-state index contributed by atoms with van der Waals surface area (Å²) in [5, 5.41) is 0.793. The van der Waals surface area contributed by atoms with E-state index in [0.717, 1.165) is 33.9 Å². The minimum Gasteiger partial charge on any atom is -0.360 e. The van der Waals surface area contributed by atoms with Crippen LogP contribution in [0.4, 0.5) is 0 Å². The van der Waals surface area contributed by atoms with E-state index >= 15 is 0 Å². The lowest BCUT2D eigenvalue weighted by atomic mass is 10.1. The van der Waals surface area contributed by atoms with Crippen molar-refractivity contribution in [1.29, 1.82) is 0 Å². The quantitative estimate of drug-likeness (QED) is 0.665. The Kier molecular flexibility index (Phi) is 5.42. The molecule has 3 nitrogen and oxygen atoms in total. The molecule has 0 amide bonds. The average molecular weight is 320 g/mol. The molecule has 5 heteroatoms. The van der Waals surface area contributed by atoms with Gasteiger partial charge in [-0.2, -0.15) is 0 Å². The number of benzene rings is 1. The minimum atomic E-state index is -0.183. The molecular weight excluding hydrogens is 300 g/mol. The van der Waals surface area contributed by atoms with Gasteiger partial charge in [-0.3, -0.25) is 4.79 Å². The number of carbonyl (C=O) groups is 1. The zero-order valence-electron chi connectivity index (χ0n) is 12.6. The number of carbonyl (C=O) groups excluding carboxylic acids is 1. The van der Waals surface area contributed by atoms with E-state index in [9.17, 15) is 4.79 Å². The Morgan fingerprint density at radius 1 is 1.33 bits per heavy atom. The van der Waals surface area contributed by atoms with Crippen molar-refractivity contribution in [1.82, 2.24) is 9.88 Å². The number of H-pyrrole nitrogens is 1. The highest BCUT2D eigenvalue weighted by Gasteiger charge is 2.21. The number of ketones is 1. The molecule has 1 aromatic carbocycles. The molecular formula is C16H20N2OS2. The molecule has 1 aromatic heterocycles. The molecule has 0 radical (unpaired) electrons. The Morgan fingerprint density at radius 2 is 2.00 bits per heavy atom. The van der Waals surface area contributed by atoms with Gasteiger partial charge in [-0.1, -0.05) is 42.2 Å². The van der Waals surface area contributed by atoms with Crippen LogP contribution in [0.2, 0.25) is 0 Å². The fourth-order valence-electron chi connectivity index (χ4n) is 2.26. The second-order valence-electron chi connectivity index (χ2n) is 4.81. The van der Waals surface area contributed by atoms with E-state index in [1.54, 1.807) is 6.20 Å². The van der Waals surface area contributed by atoms with Crippen LogP contribution in [0, 0.1) is 0 Å². The summed E-state index contributed by atoms with van der Waals surface area (Å²) in [7, 11) is 0. The van der Waals surface area contributed by atoms with Gasteiger partial charge in [-0.05, 0) is 26.8 Å². The summed E-state index contributed by atoms with van der Waals surface area (Å²) in [6.07, 6.45) is 1.80. The van der Waals surface area contributed by atoms with E-state index in [1.807, 2.05) is 31.2 Å². The molecule has 1 N–H and O–H groups in total. The number of aromatic nitrogens is 1. The SMILES string of the molecule is CCN(CC)C(=S)S[C@H](C)C(=O)c1c[nH]c2ccccc12. The van der Waals surface area contributed by atoms with Crippen molar-refractivity contribution in [2.24, 2.45) is 0 Å². The number of rotatable bonds is 5. The van der Waals surface area contributed by atoms with E-state index in [-0.39, 0.29) is 11.0 Å². The molecule has 2 aromatic rings. The average Bonchev–Trinajstić information content (AvgIpc) is 2.91. The molecule has 0 bridgehead atoms. The van der Waals surface area contributed by atoms with Gasteiger partial charge in [0.05, 0.1) is 5.25 Å². The predicted octanol–water partition coefficient (Wildman–Crippen LogP) is 4.10. The van der Waals surface area contributed by atoms with Gasteiger partial charge < -0.3 is 9.88 Å². The van der Waals surface area contributed by atoms with Crippen LogP contribution >= 0.6 is 24.0 Å². The number of nitrogens with zero attached hydrogens (tertiary/aromatic N) is 1. The minimum absolute atomic E-state index is 0.118. The molecule has 112 valence electrons. The van der Waals surface area contributed by atoms with Crippen LogP contribution in [0.15, 0.2) is 30.5 Å². The van der Waals surface area contributed by atoms with Crippen molar-refractivity contribution in [3.8, 4) is 0 Å². The van der Waals surface area contributed by atoms with E-state index in [4.69, 9.17) is 12.2 Å². The largest absolute Gasteiger partial charge is 0.360 e. The number of para-hydroxylation sites is 1. The van der Waals surface area contributed by atoms with E-state index in [0.29, 0.717) is 0 Å². The first-order valence-electron chi connectivity index (χ1n) is 7.14. The second kappa shape index (κ2) is 7.09. The number of aromatic amines is 1. The highest BCUT2D eigenvalue weighted by Crippen LogP contribution is 2.24. The van der Waals surface area contributed by atoms with Crippen molar-refractivity contribution >= 4 is 45.0 Å². The van der Waals surface area contributed by atoms with Crippen molar-refractivity contribution in [2.45, 2.75) is 26.0 Å². The summed E-state index contributed by atoms with van der Waals surface area (Å²) in [4.78, 5) is 17.9. The summed E-state index contributed by atoms with van der Waals surface area (Å²) in [6, 6.07) is 7.86. The van der Waals surface area contributed by atoms with Gasteiger partial charge in [0.15, 0.2) is 5.78 Å². The summed E-state index contributed by atoms with van der Waals surface area (Å²) >= 11 is 6.89. The monoisotopic (exact) mass is 320 g/mol. The molecule has 0 fully saturated rings. The maximum Gasteiger partial charge on any atom is 0.178 e. The van der Waals surface area contributed by atoms with Gasteiger partial charge in [-0.25, -0.2) is 0 Å². The maximum absolute atomic E-state index is 12.6. The second-order valence-corrected chi connectivity index (χ2v) is 6.79. The standard InChI is InChI=1S/C16H20N2OS2/c1-4-18(5-2)16(20)21-11(3)15(19)13-10-17-14-9-7-6-8-12(13)14/h6-11,17H,4-5H2,1-3H3/t11-/m1/s1. The summed E-state index contributed by atoms with van der Waals surface area (Å²) in [5.41, 5.74) is 1.73. The Morgan fingerprint density at radius 3 is 2.67 bits per heavy atom. The molecule has 0 saturated heterocycles. The third-order valence-corrected chi connectivity index (χ3v) is 5.10. The Bertz CT molecular complexity index is 647. The zero-order valence-corrected chi connectivity index (χ0v) is 14.2. The normalized spacial score (nSPS) is 12.3. The molecule has 1 atom stereocenters. The molecule has 1 heterocycles. The van der Waals surface area contributed by atoms with Gasteiger partial charge in [0.25, 0.3) is 0 Å². The van der Waals surface area contributed by atoms with Gasteiger partial charge in [-0.15, -0.1) is 0 Å². The summed E-state index contributed by atoms with van der Waals surface area (Å²) in [5.74, 6) is 0.118. The number of hydrogen-bond donors (Lipinski definition) is 1. The summed E-state index contributed by atoms with van der Waals surface area (Å²) in [6.45, 7) is 7.81. The molecule has 0 aliphatic rings. The van der Waals surface area contributed by atoms with Gasteiger partial charge in [0.1, 0.15) is 4.32 Å². The number of nitrogens with one attached hydrogen (secondary N) is 1. The molecule has 21 heavy (non-hydrogen) atoms. The molecule has 0 spiro atoms. The number of Topliss-reactive ketones (excluding diaryl/α,β-unsaturated/α-hetero) is 1. The molecule has 0 unspecified atom stereocenters. The number of hydrogen-bond acceptors (Lipinski definition) is 3. The van der Waals surface area contributed by atoms with Crippen molar-refractivity contribution in [3.05, 3.63) is 36.0 Å². The first-order valence-corrected chi connectivity index (χ1v) is 8.43. The van der Waals surface area contributed by atoms with Crippen LogP contribution in [-0.4, -0.2) is 38.3 Å². The van der Waals surface area contributed by atoms with E-state index < -0.39 is 0 Å². The van der Waals surface area contributed by atoms with Gasteiger partial charge in [0.2, 0.25) is 0 Å². The third-order valence-electron chi connectivity index (χ3n) is 3.52. The molecule has 0 aliphatic heterocycles. The lowest BCUT2D eigenvalue weighted by Crippen LogP contribution is -2.29. The van der Waals surface area contributed by atoms with Crippen LogP contribution in [0.25, 0.3) is 10.9 Å². The predicted molar refractivity (Wildman–Crippen MR) is 95.2 cm³/mol. The van der Waals surface area contributed by atoms with Gasteiger partial charge in [0, 0.05) is 35.8 Å². The maximum atomic E-state index is 12.6. The zero-order chi connectivity index (χ0) is 15.4. The molecule has 0 saturated carbocycles. The van der Waals surface area contributed by atoms with Crippen LogP contribution in [-0.2, 0) is 0 Å². The van der Waals surface area contributed by atoms with Gasteiger partial charge >= 0.3 is 0 Å². The van der Waals surface area contributed by atoms with Crippen LogP contribution in [0.3, 0.4) is 0 Å². The Hall–Kier alpha value is -1.33. The van der Waals surface area contributed by atoms with E-state index in [1.165, 1.54) is 11.8 Å². The van der Waals surface area contributed by atoms with Crippen molar-refractivity contribution < 1.29 is 4.79 Å². The van der Waals surface area contributed by atoms with Crippen LogP contribution in [0.1, 0.15) is 31.1 Å².